The van der Waals surface area contributed by atoms with Crippen LogP contribution in [0.1, 0.15) is 17.1 Å². The molecule has 8 heteroatoms. The average Bonchev–Trinajstić information content (AvgIpc) is 3.08. The Kier molecular flexibility index (Phi) is 3.97. The van der Waals surface area contributed by atoms with Crippen molar-refractivity contribution in [2.75, 3.05) is 14.2 Å². The molecule has 0 aliphatic rings. The minimum absolute atomic E-state index is 0.258. The number of ether oxygens (including phenoxy) is 2. The van der Waals surface area contributed by atoms with Crippen molar-refractivity contribution in [3.63, 3.8) is 0 Å². The van der Waals surface area contributed by atoms with E-state index in [1.807, 2.05) is 10.6 Å². The number of nitrogens with one attached hydrogen (secondary N) is 1. The molecule has 4 aromatic rings. The Morgan fingerprint density at radius 3 is 2.70 bits per heavy atom. The van der Waals surface area contributed by atoms with Crippen molar-refractivity contribution >= 4 is 16.6 Å². The Bertz CT molecular complexity index is 1270. The number of H-pyrrole nitrogens is 1. The molecule has 0 unspecified atom stereocenters. The van der Waals surface area contributed by atoms with Gasteiger partial charge in [0.15, 0.2) is 11.5 Å². The van der Waals surface area contributed by atoms with Crippen LogP contribution in [0.3, 0.4) is 0 Å². The molecular formula is C19H15N5O3. The number of fused-ring (bicyclic) bond motifs is 2. The molecule has 0 saturated heterocycles. The first-order valence-corrected chi connectivity index (χ1v) is 8.14. The molecular weight excluding hydrogens is 346 g/mol. The molecule has 3 aromatic heterocycles. The molecule has 0 fully saturated rings. The lowest BCUT2D eigenvalue weighted by Gasteiger charge is -2.09. The fraction of sp³-hybridized carbons (Fsp3) is 0.158. The predicted molar refractivity (Wildman–Crippen MR) is 98.2 cm³/mol. The Morgan fingerprint density at radius 2 is 1.96 bits per heavy atom. The summed E-state index contributed by atoms with van der Waals surface area (Å²) in [6.07, 6.45) is 3.97. The van der Waals surface area contributed by atoms with Gasteiger partial charge in [-0.05, 0) is 18.2 Å². The topological polar surface area (TPSA) is 105 Å². The summed E-state index contributed by atoms with van der Waals surface area (Å²) in [7, 11) is 3.05. The molecule has 0 saturated carbocycles. The zero-order valence-electron chi connectivity index (χ0n) is 14.7. The Labute approximate surface area is 153 Å². The van der Waals surface area contributed by atoms with Crippen LogP contribution in [0.5, 0.6) is 11.5 Å². The number of rotatable bonds is 4. The van der Waals surface area contributed by atoms with Crippen LogP contribution < -0.4 is 15.0 Å². The number of methoxy groups -OCH3 is 2. The Hall–Kier alpha value is -3.86. The molecule has 134 valence electrons. The van der Waals surface area contributed by atoms with E-state index in [-0.39, 0.29) is 5.56 Å². The molecule has 1 N–H and O–H groups in total. The summed E-state index contributed by atoms with van der Waals surface area (Å²) in [4.78, 5) is 24.3. The number of nitriles is 1. The fourth-order valence-corrected chi connectivity index (χ4v) is 2.96. The van der Waals surface area contributed by atoms with Crippen LogP contribution in [0.15, 0.2) is 41.5 Å². The predicted octanol–water partition coefficient (Wildman–Crippen LogP) is 2.05. The van der Waals surface area contributed by atoms with Gasteiger partial charge in [0.2, 0.25) is 0 Å². The third-order valence-corrected chi connectivity index (χ3v) is 4.25. The van der Waals surface area contributed by atoms with Crippen molar-refractivity contribution in [3.8, 4) is 17.6 Å². The standard InChI is InChI=1S/C19H15N5O3/c1-26-15-7-13-14(8-16(15)27-2)22-17(23-19(13)25)6-12-10-24-4-3-11(9-20)5-18(24)21-12/h3-5,7-8,10H,6H2,1-2H3,(H,22,23,25). The number of pyridine rings is 1. The summed E-state index contributed by atoms with van der Waals surface area (Å²) in [5.41, 5.74) is 2.19. The lowest BCUT2D eigenvalue weighted by molar-refractivity contribution is 0.355. The molecule has 4 rings (SSSR count). The number of nitrogens with zero attached hydrogens (tertiary/aromatic N) is 4. The monoisotopic (exact) mass is 361 g/mol. The van der Waals surface area contributed by atoms with E-state index < -0.39 is 0 Å². The second kappa shape index (κ2) is 6.46. The van der Waals surface area contributed by atoms with E-state index in [0.717, 1.165) is 5.69 Å². The van der Waals surface area contributed by atoms with Crippen LogP contribution in [0.2, 0.25) is 0 Å². The lowest BCUT2D eigenvalue weighted by Crippen LogP contribution is -2.12. The van der Waals surface area contributed by atoms with Crippen molar-refractivity contribution in [1.82, 2.24) is 19.4 Å². The smallest absolute Gasteiger partial charge is 0.258 e. The van der Waals surface area contributed by atoms with Crippen LogP contribution in [0.4, 0.5) is 0 Å². The summed E-state index contributed by atoms with van der Waals surface area (Å²) in [5, 5.41) is 9.42. The van der Waals surface area contributed by atoms with E-state index in [9.17, 15) is 4.79 Å². The second-order valence-electron chi connectivity index (χ2n) is 5.94. The maximum absolute atomic E-state index is 12.5. The van der Waals surface area contributed by atoms with Gasteiger partial charge < -0.3 is 18.9 Å². The van der Waals surface area contributed by atoms with Gasteiger partial charge in [-0.2, -0.15) is 5.26 Å². The van der Waals surface area contributed by atoms with Crippen LogP contribution in [0, 0.1) is 11.3 Å². The maximum Gasteiger partial charge on any atom is 0.258 e. The molecule has 0 atom stereocenters. The Balaban J connectivity index is 1.76. The molecule has 1 aromatic carbocycles. The molecule has 8 nitrogen and oxygen atoms in total. The van der Waals surface area contributed by atoms with Crippen LogP contribution >= 0.6 is 0 Å². The minimum atomic E-state index is -0.258. The zero-order valence-corrected chi connectivity index (χ0v) is 14.7. The average molecular weight is 361 g/mol. The summed E-state index contributed by atoms with van der Waals surface area (Å²) >= 11 is 0. The molecule has 0 spiro atoms. The maximum atomic E-state index is 12.5. The van der Waals surface area contributed by atoms with Crippen LogP contribution in [-0.2, 0) is 6.42 Å². The molecule has 0 amide bonds. The van der Waals surface area contributed by atoms with Gasteiger partial charge in [-0.3, -0.25) is 4.79 Å². The molecule has 3 heterocycles. The number of hydrogen-bond donors (Lipinski definition) is 1. The highest BCUT2D eigenvalue weighted by Crippen LogP contribution is 2.30. The van der Waals surface area contributed by atoms with E-state index >= 15 is 0 Å². The number of hydrogen-bond acceptors (Lipinski definition) is 6. The van der Waals surface area contributed by atoms with Gasteiger partial charge in [0.25, 0.3) is 5.56 Å². The SMILES string of the molecule is COc1cc2nc(Cc3cn4ccc(C#N)cc4n3)[nH]c(=O)c2cc1OC. The Morgan fingerprint density at radius 1 is 1.19 bits per heavy atom. The second-order valence-corrected chi connectivity index (χ2v) is 5.94. The number of benzene rings is 1. The van der Waals surface area contributed by atoms with Crippen LogP contribution in [-0.4, -0.2) is 33.6 Å². The van der Waals surface area contributed by atoms with Gasteiger partial charge >= 0.3 is 0 Å². The first-order valence-electron chi connectivity index (χ1n) is 8.14. The summed E-state index contributed by atoms with van der Waals surface area (Å²) in [6, 6.07) is 8.80. The highest BCUT2D eigenvalue weighted by Gasteiger charge is 2.12. The van der Waals surface area contributed by atoms with Crippen LogP contribution in [0.25, 0.3) is 16.6 Å². The van der Waals surface area contributed by atoms with Gasteiger partial charge in [-0.1, -0.05) is 0 Å². The summed E-state index contributed by atoms with van der Waals surface area (Å²) in [6.45, 7) is 0. The first-order chi connectivity index (χ1) is 13.1. The highest BCUT2D eigenvalue weighted by atomic mass is 16.5. The van der Waals surface area contributed by atoms with E-state index in [1.165, 1.54) is 14.2 Å². The van der Waals surface area contributed by atoms with Gasteiger partial charge in [0.1, 0.15) is 11.5 Å². The summed E-state index contributed by atoms with van der Waals surface area (Å²) in [5.74, 6) is 1.47. The van der Waals surface area contributed by atoms with E-state index in [1.54, 1.807) is 30.5 Å². The van der Waals surface area contributed by atoms with Gasteiger partial charge in [-0.25, -0.2) is 9.97 Å². The third kappa shape index (κ3) is 2.95. The molecule has 27 heavy (non-hydrogen) atoms. The van der Waals surface area contributed by atoms with Gasteiger partial charge in [0.05, 0.1) is 42.4 Å². The van der Waals surface area contributed by atoms with Crippen molar-refractivity contribution in [3.05, 3.63) is 64.1 Å². The largest absolute Gasteiger partial charge is 0.493 e. The van der Waals surface area contributed by atoms with Crippen molar-refractivity contribution < 1.29 is 9.47 Å². The number of imidazole rings is 1. The lowest BCUT2D eigenvalue weighted by atomic mass is 10.2. The van der Waals surface area contributed by atoms with Gasteiger partial charge in [0, 0.05) is 24.9 Å². The van der Waals surface area contributed by atoms with Crippen molar-refractivity contribution in [2.45, 2.75) is 6.42 Å². The van der Waals surface area contributed by atoms with Gasteiger partial charge in [-0.15, -0.1) is 0 Å². The van der Waals surface area contributed by atoms with Crippen molar-refractivity contribution in [2.24, 2.45) is 0 Å². The molecule has 0 radical (unpaired) electrons. The normalized spacial score (nSPS) is 10.9. The molecule has 0 aliphatic carbocycles. The summed E-state index contributed by atoms with van der Waals surface area (Å²) < 4.78 is 12.3. The van der Waals surface area contributed by atoms with E-state index in [0.29, 0.717) is 45.9 Å². The fourth-order valence-electron chi connectivity index (χ4n) is 2.96. The van der Waals surface area contributed by atoms with E-state index in [4.69, 9.17) is 14.7 Å². The molecule has 0 bridgehead atoms. The third-order valence-electron chi connectivity index (χ3n) is 4.25. The number of aromatic nitrogens is 4. The molecule has 0 aliphatic heterocycles. The van der Waals surface area contributed by atoms with Crippen molar-refractivity contribution in [1.29, 1.82) is 5.26 Å². The zero-order chi connectivity index (χ0) is 19.0. The quantitative estimate of drug-likeness (QED) is 0.596. The highest BCUT2D eigenvalue weighted by molar-refractivity contribution is 5.81. The van der Waals surface area contributed by atoms with E-state index in [2.05, 4.69) is 21.0 Å². The number of aromatic amines is 1. The minimum Gasteiger partial charge on any atom is -0.493 e. The first kappa shape index (κ1) is 16.6.